The number of aliphatic imine (C=N–C) groups is 1. The topological polar surface area (TPSA) is 71.3 Å². The molecular weight excluding hydrogens is 471 g/mol. The summed E-state index contributed by atoms with van der Waals surface area (Å²) < 4.78 is 16.3. The van der Waals surface area contributed by atoms with Crippen LogP contribution in [0.3, 0.4) is 0 Å². The molecule has 0 aliphatic carbocycles. The molecule has 1 heterocycles. The van der Waals surface area contributed by atoms with E-state index >= 15 is 0 Å². The Hall–Kier alpha value is -1.78. The van der Waals surface area contributed by atoms with Gasteiger partial charge in [-0.15, -0.1) is 24.0 Å². The summed E-state index contributed by atoms with van der Waals surface area (Å²) in [5.74, 6) is 2.41. The van der Waals surface area contributed by atoms with Crippen LogP contribution in [-0.2, 0) is 4.74 Å². The molecule has 0 amide bonds. The van der Waals surface area contributed by atoms with E-state index < -0.39 is 0 Å². The van der Waals surface area contributed by atoms with Gasteiger partial charge in [-0.25, -0.2) is 0 Å². The van der Waals surface area contributed by atoms with E-state index in [1.807, 2.05) is 50.5 Å². The number of nitrogens with zero attached hydrogens (tertiary/aromatic N) is 2. The highest BCUT2D eigenvalue weighted by Crippen LogP contribution is 2.19. The van der Waals surface area contributed by atoms with Crippen molar-refractivity contribution in [1.29, 1.82) is 0 Å². The molecule has 7 nitrogen and oxygen atoms in total. The van der Waals surface area contributed by atoms with Gasteiger partial charge in [0.2, 0.25) is 0 Å². The van der Waals surface area contributed by atoms with Gasteiger partial charge >= 0.3 is 0 Å². The molecule has 1 aromatic carbocycles. The number of furan rings is 1. The summed E-state index contributed by atoms with van der Waals surface area (Å²) in [4.78, 5) is 6.40. The van der Waals surface area contributed by atoms with Crippen LogP contribution in [0.4, 0.5) is 5.69 Å². The summed E-state index contributed by atoms with van der Waals surface area (Å²) in [6.45, 7) is 1.97. The van der Waals surface area contributed by atoms with Crippen molar-refractivity contribution in [3.8, 4) is 5.75 Å². The van der Waals surface area contributed by atoms with Gasteiger partial charge in [-0.1, -0.05) is 6.07 Å². The highest BCUT2D eigenvalue weighted by molar-refractivity contribution is 14.0. The fourth-order valence-corrected chi connectivity index (χ4v) is 2.58. The van der Waals surface area contributed by atoms with Crippen molar-refractivity contribution in [2.75, 3.05) is 53.3 Å². The van der Waals surface area contributed by atoms with Crippen molar-refractivity contribution in [3.05, 3.63) is 48.4 Å². The first-order valence-electron chi connectivity index (χ1n) is 9.03. The van der Waals surface area contributed by atoms with E-state index in [0.717, 1.165) is 23.6 Å². The molecule has 0 radical (unpaired) electrons. The number of benzene rings is 1. The fraction of sp³-hybridized carbons (Fsp3) is 0.450. The van der Waals surface area contributed by atoms with E-state index in [1.54, 1.807) is 20.4 Å². The van der Waals surface area contributed by atoms with Crippen LogP contribution in [0, 0.1) is 0 Å². The number of nitrogens with one attached hydrogen (secondary N) is 2. The summed E-state index contributed by atoms with van der Waals surface area (Å²) in [5.41, 5.74) is 0.909. The van der Waals surface area contributed by atoms with E-state index in [9.17, 15) is 0 Å². The summed E-state index contributed by atoms with van der Waals surface area (Å²) in [7, 11) is 7.48. The standard InChI is InChI=1S/C20H30N4O3.HI/c1-21-20(22-15-18(24(2)3)19-10-6-12-27-19)23-16-8-5-9-17(14-16)26-13-7-11-25-4;/h5-6,8-10,12,14,18H,7,11,13,15H2,1-4H3,(H2,21,22,23);1H. The Morgan fingerprint density at radius 2 is 2.04 bits per heavy atom. The monoisotopic (exact) mass is 502 g/mol. The highest BCUT2D eigenvalue weighted by atomic mass is 127. The Kier molecular flexibility index (Phi) is 11.6. The molecule has 0 saturated heterocycles. The molecule has 0 saturated carbocycles. The Balaban J connectivity index is 0.00000392. The van der Waals surface area contributed by atoms with Gasteiger partial charge in [-0.05, 0) is 38.4 Å². The van der Waals surface area contributed by atoms with Gasteiger partial charge in [0.25, 0.3) is 0 Å². The lowest BCUT2D eigenvalue weighted by atomic mass is 10.2. The molecule has 0 bridgehead atoms. The maximum absolute atomic E-state index is 5.74. The third kappa shape index (κ3) is 8.07. The van der Waals surface area contributed by atoms with Gasteiger partial charge in [0, 0.05) is 45.5 Å². The van der Waals surface area contributed by atoms with Crippen LogP contribution in [0.5, 0.6) is 5.75 Å². The van der Waals surface area contributed by atoms with Gasteiger partial charge in [0.1, 0.15) is 11.5 Å². The van der Waals surface area contributed by atoms with Crippen LogP contribution >= 0.6 is 24.0 Å². The number of anilines is 1. The van der Waals surface area contributed by atoms with Crippen LogP contribution < -0.4 is 15.4 Å². The minimum absolute atomic E-state index is 0. The molecule has 0 aliphatic heterocycles. The van der Waals surface area contributed by atoms with Gasteiger partial charge in [0.05, 0.1) is 18.9 Å². The average molecular weight is 502 g/mol. The third-order valence-electron chi connectivity index (χ3n) is 4.04. The molecule has 1 unspecified atom stereocenters. The SMILES string of the molecule is CN=C(NCC(c1ccco1)N(C)C)Nc1cccc(OCCCOC)c1.I. The zero-order valence-corrected chi connectivity index (χ0v) is 19.3. The number of hydrogen-bond acceptors (Lipinski definition) is 5. The fourth-order valence-electron chi connectivity index (χ4n) is 2.58. The number of ether oxygens (including phenoxy) is 2. The first-order chi connectivity index (χ1) is 13.1. The molecule has 0 fully saturated rings. The zero-order valence-electron chi connectivity index (χ0n) is 17.0. The van der Waals surface area contributed by atoms with E-state index in [-0.39, 0.29) is 30.0 Å². The molecule has 2 N–H and O–H groups in total. The summed E-state index contributed by atoms with van der Waals surface area (Å²) in [5, 5.41) is 6.64. The molecule has 156 valence electrons. The third-order valence-corrected chi connectivity index (χ3v) is 4.04. The maximum Gasteiger partial charge on any atom is 0.195 e. The Morgan fingerprint density at radius 3 is 2.68 bits per heavy atom. The number of methoxy groups -OCH3 is 1. The summed E-state index contributed by atoms with van der Waals surface area (Å²) >= 11 is 0. The molecule has 2 aromatic rings. The lowest BCUT2D eigenvalue weighted by molar-refractivity contribution is 0.172. The number of rotatable bonds is 10. The lowest BCUT2D eigenvalue weighted by Crippen LogP contribution is -2.37. The zero-order chi connectivity index (χ0) is 19.5. The van der Waals surface area contributed by atoms with E-state index in [1.165, 1.54) is 0 Å². The van der Waals surface area contributed by atoms with Crippen LogP contribution in [0.2, 0.25) is 0 Å². The molecule has 1 aromatic heterocycles. The van der Waals surface area contributed by atoms with Crippen molar-refractivity contribution in [2.45, 2.75) is 12.5 Å². The Morgan fingerprint density at radius 1 is 1.21 bits per heavy atom. The predicted octanol–water partition coefficient (Wildman–Crippen LogP) is 3.60. The molecule has 2 rings (SSSR count). The second kappa shape index (κ2) is 13.4. The minimum atomic E-state index is 0. The molecule has 1 atom stereocenters. The number of halogens is 1. The van der Waals surface area contributed by atoms with Crippen molar-refractivity contribution >= 4 is 35.6 Å². The summed E-state index contributed by atoms with van der Waals surface area (Å²) in [6.07, 6.45) is 2.55. The van der Waals surface area contributed by atoms with Crippen LogP contribution in [0.15, 0.2) is 52.1 Å². The second-order valence-electron chi connectivity index (χ2n) is 6.30. The average Bonchev–Trinajstić information content (AvgIpc) is 3.19. The van der Waals surface area contributed by atoms with E-state index in [2.05, 4.69) is 20.5 Å². The largest absolute Gasteiger partial charge is 0.493 e. The Labute approximate surface area is 184 Å². The van der Waals surface area contributed by atoms with E-state index in [4.69, 9.17) is 13.9 Å². The highest BCUT2D eigenvalue weighted by Gasteiger charge is 2.17. The molecule has 0 spiro atoms. The van der Waals surface area contributed by atoms with Crippen molar-refractivity contribution in [2.24, 2.45) is 4.99 Å². The Bertz CT molecular complexity index is 693. The van der Waals surface area contributed by atoms with Gasteiger partial charge in [-0.3, -0.25) is 9.89 Å². The van der Waals surface area contributed by atoms with Crippen molar-refractivity contribution in [3.63, 3.8) is 0 Å². The second-order valence-corrected chi connectivity index (χ2v) is 6.30. The summed E-state index contributed by atoms with van der Waals surface area (Å²) in [6, 6.07) is 11.8. The van der Waals surface area contributed by atoms with E-state index in [0.29, 0.717) is 25.7 Å². The first-order valence-corrected chi connectivity index (χ1v) is 9.03. The number of hydrogen-bond donors (Lipinski definition) is 2. The number of guanidine groups is 1. The molecule has 8 heteroatoms. The van der Waals surface area contributed by atoms with Crippen molar-refractivity contribution in [1.82, 2.24) is 10.2 Å². The quantitative estimate of drug-likeness (QED) is 0.224. The van der Waals surface area contributed by atoms with Gasteiger partial charge in [-0.2, -0.15) is 0 Å². The van der Waals surface area contributed by atoms with Gasteiger partial charge < -0.3 is 24.5 Å². The first kappa shape index (κ1) is 24.3. The maximum atomic E-state index is 5.74. The molecular formula is C20H31IN4O3. The lowest BCUT2D eigenvalue weighted by Gasteiger charge is -2.23. The van der Waals surface area contributed by atoms with Gasteiger partial charge in [0.15, 0.2) is 5.96 Å². The van der Waals surface area contributed by atoms with Crippen molar-refractivity contribution < 1.29 is 13.9 Å². The normalized spacial score (nSPS) is 12.4. The predicted molar refractivity (Wildman–Crippen MR) is 124 cm³/mol. The molecule has 0 aliphatic rings. The van der Waals surface area contributed by atoms with Crippen LogP contribution in [0.25, 0.3) is 0 Å². The van der Waals surface area contributed by atoms with Crippen LogP contribution in [-0.4, -0.2) is 58.9 Å². The minimum Gasteiger partial charge on any atom is -0.493 e. The smallest absolute Gasteiger partial charge is 0.195 e. The number of likely N-dealkylation sites (N-methyl/N-ethyl adjacent to an activating group) is 1. The van der Waals surface area contributed by atoms with Crippen LogP contribution in [0.1, 0.15) is 18.2 Å². The molecule has 28 heavy (non-hydrogen) atoms.